The second-order valence-corrected chi connectivity index (χ2v) is 4.71. The van der Waals surface area contributed by atoms with Crippen molar-refractivity contribution in [3.05, 3.63) is 75.6 Å². The van der Waals surface area contributed by atoms with E-state index in [4.69, 9.17) is 16.0 Å². The zero-order valence-corrected chi connectivity index (χ0v) is 11.2. The Balaban J connectivity index is 2.02. The van der Waals surface area contributed by atoms with Gasteiger partial charge in [0, 0.05) is 16.6 Å². The second kappa shape index (κ2) is 5.31. The van der Waals surface area contributed by atoms with E-state index in [1.54, 1.807) is 30.5 Å². The van der Waals surface area contributed by atoms with E-state index >= 15 is 0 Å². The van der Waals surface area contributed by atoms with Gasteiger partial charge < -0.3 is 4.42 Å². The highest BCUT2D eigenvalue weighted by Gasteiger charge is 2.02. The van der Waals surface area contributed by atoms with Gasteiger partial charge in [-0.15, -0.1) is 0 Å². The van der Waals surface area contributed by atoms with Crippen LogP contribution in [0.25, 0.3) is 11.0 Å². The Labute approximate surface area is 120 Å². The molecule has 0 saturated carbocycles. The van der Waals surface area contributed by atoms with Gasteiger partial charge in [-0.2, -0.15) is 0 Å². The first kappa shape index (κ1) is 12.6. The maximum absolute atomic E-state index is 11.8. The van der Waals surface area contributed by atoms with Gasteiger partial charge >= 0.3 is 5.63 Å². The van der Waals surface area contributed by atoms with Crippen molar-refractivity contribution in [3.8, 4) is 0 Å². The zero-order chi connectivity index (χ0) is 13.9. The average Bonchev–Trinajstić information content (AvgIpc) is 2.45. The first-order chi connectivity index (χ1) is 9.72. The Hall–Kier alpha value is -2.39. The van der Waals surface area contributed by atoms with Crippen LogP contribution >= 0.6 is 11.6 Å². The smallest absolute Gasteiger partial charge is 0.362 e. The second-order valence-electron chi connectivity index (χ2n) is 4.27. The highest BCUT2D eigenvalue weighted by Crippen LogP contribution is 2.17. The van der Waals surface area contributed by atoms with Crippen molar-refractivity contribution in [1.29, 1.82) is 0 Å². The van der Waals surface area contributed by atoms with Crippen molar-refractivity contribution < 1.29 is 4.42 Å². The van der Waals surface area contributed by atoms with E-state index in [1.165, 1.54) is 0 Å². The highest BCUT2D eigenvalue weighted by molar-refractivity contribution is 6.30. The van der Waals surface area contributed by atoms with Crippen molar-refractivity contribution in [2.45, 2.75) is 0 Å². The summed E-state index contributed by atoms with van der Waals surface area (Å²) in [4.78, 5) is 16.0. The van der Waals surface area contributed by atoms with E-state index in [1.807, 2.05) is 30.3 Å². The Morgan fingerprint density at radius 2 is 1.90 bits per heavy atom. The molecule has 0 aliphatic heterocycles. The normalized spacial score (nSPS) is 11.2. The fourth-order valence-corrected chi connectivity index (χ4v) is 2.07. The summed E-state index contributed by atoms with van der Waals surface area (Å²) in [7, 11) is 0. The molecule has 1 heterocycles. The van der Waals surface area contributed by atoms with E-state index < -0.39 is 5.63 Å². The minimum Gasteiger partial charge on any atom is -0.421 e. The molecule has 0 spiro atoms. The molecular weight excluding hydrogens is 274 g/mol. The van der Waals surface area contributed by atoms with Crippen LogP contribution < -0.4 is 5.63 Å². The van der Waals surface area contributed by atoms with E-state index in [9.17, 15) is 4.79 Å². The largest absolute Gasteiger partial charge is 0.421 e. The SMILES string of the molecule is O=c1oc2ccccc2cc1N=Cc1cccc(Cl)c1. The van der Waals surface area contributed by atoms with Gasteiger partial charge in [0.2, 0.25) is 0 Å². The van der Waals surface area contributed by atoms with Gasteiger partial charge in [-0.3, -0.25) is 0 Å². The minimum atomic E-state index is -0.457. The fraction of sp³-hybridized carbons (Fsp3) is 0. The van der Waals surface area contributed by atoms with Gasteiger partial charge in [0.15, 0.2) is 0 Å². The van der Waals surface area contributed by atoms with E-state index in [0.717, 1.165) is 10.9 Å². The molecule has 0 radical (unpaired) electrons. The van der Waals surface area contributed by atoms with Gasteiger partial charge in [0.1, 0.15) is 11.3 Å². The molecular formula is C16H10ClNO2. The molecule has 0 atom stereocenters. The van der Waals surface area contributed by atoms with Crippen LogP contribution in [0.4, 0.5) is 5.69 Å². The van der Waals surface area contributed by atoms with Crippen LogP contribution in [0.2, 0.25) is 5.02 Å². The number of hydrogen-bond acceptors (Lipinski definition) is 3. The lowest BCUT2D eigenvalue weighted by Crippen LogP contribution is -1.97. The summed E-state index contributed by atoms with van der Waals surface area (Å²) in [5, 5.41) is 1.46. The van der Waals surface area contributed by atoms with Crippen LogP contribution in [0.5, 0.6) is 0 Å². The summed E-state index contributed by atoms with van der Waals surface area (Å²) in [6.07, 6.45) is 1.59. The predicted molar refractivity (Wildman–Crippen MR) is 81.2 cm³/mol. The summed E-state index contributed by atoms with van der Waals surface area (Å²) in [5.74, 6) is 0. The maximum atomic E-state index is 11.8. The summed E-state index contributed by atoms with van der Waals surface area (Å²) in [5.41, 5.74) is 1.19. The lowest BCUT2D eigenvalue weighted by molar-refractivity contribution is 0.563. The summed E-state index contributed by atoms with van der Waals surface area (Å²) in [6, 6.07) is 16.3. The molecule has 0 amide bonds. The molecule has 2 aromatic carbocycles. The number of hydrogen-bond donors (Lipinski definition) is 0. The molecule has 0 saturated heterocycles. The molecule has 3 nitrogen and oxygen atoms in total. The Morgan fingerprint density at radius 1 is 1.05 bits per heavy atom. The first-order valence-corrected chi connectivity index (χ1v) is 6.43. The number of benzene rings is 2. The summed E-state index contributed by atoms with van der Waals surface area (Å²) in [6.45, 7) is 0. The third-order valence-corrected chi connectivity index (χ3v) is 3.06. The highest BCUT2D eigenvalue weighted by atomic mass is 35.5. The van der Waals surface area contributed by atoms with Crippen molar-refractivity contribution in [2.75, 3.05) is 0 Å². The zero-order valence-electron chi connectivity index (χ0n) is 10.4. The third-order valence-electron chi connectivity index (χ3n) is 2.82. The number of para-hydroxylation sites is 1. The van der Waals surface area contributed by atoms with Gasteiger partial charge in [-0.1, -0.05) is 41.9 Å². The molecule has 4 heteroatoms. The van der Waals surface area contributed by atoms with Crippen molar-refractivity contribution in [1.82, 2.24) is 0 Å². The van der Waals surface area contributed by atoms with Crippen molar-refractivity contribution in [3.63, 3.8) is 0 Å². The molecule has 0 aliphatic rings. The van der Waals surface area contributed by atoms with E-state index in [2.05, 4.69) is 4.99 Å². The van der Waals surface area contributed by atoms with E-state index in [0.29, 0.717) is 10.6 Å². The van der Waals surface area contributed by atoms with E-state index in [-0.39, 0.29) is 5.69 Å². The van der Waals surface area contributed by atoms with Gasteiger partial charge in [0.25, 0.3) is 0 Å². The average molecular weight is 284 g/mol. The first-order valence-electron chi connectivity index (χ1n) is 6.05. The Morgan fingerprint density at radius 3 is 2.75 bits per heavy atom. The number of halogens is 1. The minimum absolute atomic E-state index is 0.267. The molecule has 3 aromatic rings. The van der Waals surface area contributed by atoms with Crippen LogP contribution in [0.1, 0.15) is 5.56 Å². The van der Waals surface area contributed by atoms with Crippen LogP contribution in [-0.2, 0) is 0 Å². The standard InChI is InChI=1S/C16H10ClNO2/c17-13-6-3-4-11(8-13)10-18-14-9-12-5-1-2-7-15(12)20-16(14)19/h1-10H. The lowest BCUT2D eigenvalue weighted by Gasteiger charge is -1.97. The number of rotatable bonds is 2. The molecule has 0 unspecified atom stereocenters. The van der Waals surface area contributed by atoms with Crippen LogP contribution in [0.15, 0.2) is 68.8 Å². The topological polar surface area (TPSA) is 42.6 Å². The lowest BCUT2D eigenvalue weighted by atomic mass is 10.2. The number of aliphatic imine (C=N–C) groups is 1. The van der Waals surface area contributed by atoms with Crippen molar-refractivity contribution >= 4 is 34.5 Å². The third kappa shape index (κ3) is 2.63. The van der Waals surface area contributed by atoms with Crippen molar-refractivity contribution in [2.24, 2.45) is 4.99 Å². The fourth-order valence-electron chi connectivity index (χ4n) is 1.87. The monoisotopic (exact) mass is 283 g/mol. The van der Waals surface area contributed by atoms with Crippen LogP contribution in [0, 0.1) is 0 Å². The molecule has 1 aromatic heterocycles. The summed E-state index contributed by atoms with van der Waals surface area (Å²) >= 11 is 5.89. The maximum Gasteiger partial charge on any atom is 0.362 e. The Kier molecular flexibility index (Phi) is 3.35. The molecule has 3 rings (SSSR count). The van der Waals surface area contributed by atoms with Gasteiger partial charge in [-0.05, 0) is 29.8 Å². The molecule has 0 fully saturated rings. The quantitative estimate of drug-likeness (QED) is 0.522. The van der Waals surface area contributed by atoms with Gasteiger partial charge in [0.05, 0.1) is 0 Å². The molecule has 98 valence electrons. The van der Waals surface area contributed by atoms with Gasteiger partial charge in [-0.25, -0.2) is 9.79 Å². The van der Waals surface area contributed by atoms with Crippen LogP contribution in [0.3, 0.4) is 0 Å². The predicted octanol–water partition coefficient (Wildman–Crippen LogP) is 4.20. The van der Waals surface area contributed by atoms with Crippen LogP contribution in [-0.4, -0.2) is 6.21 Å². The molecule has 20 heavy (non-hydrogen) atoms. The summed E-state index contributed by atoms with van der Waals surface area (Å²) < 4.78 is 5.21. The molecule has 0 N–H and O–H groups in total. The number of nitrogens with zero attached hydrogens (tertiary/aromatic N) is 1. The molecule has 0 bridgehead atoms. The number of fused-ring (bicyclic) bond motifs is 1. The Bertz CT molecular complexity index is 852. The molecule has 0 aliphatic carbocycles.